The van der Waals surface area contributed by atoms with Gasteiger partial charge in [0.15, 0.2) is 0 Å². The molecule has 3 saturated heterocycles. The second kappa shape index (κ2) is 11.3. The summed E-state index contributed by atoms with van der Waals surface area (Å²) in [6.45, 7) is 1.55. The molecule has 6 aliphatic rings. The summed E-state index contributed by atoms with van der Waals surface area (Å²) in [5.74, 6) is 0.0621. The number of hydrogen-bond donors (Lipinski definition) is 1. The largest absolute Gasteiger partial charge is 0.324 e. The third kappa shape index (κ3) is 4.21. The highest BCUT2D eigenvalue weighted by atomic mass is 16.6. The molecule has 3 aliphatic carbocycles. The molecule has 2 amide bonds. The van der Waals surface area contributed by atoms with E-state index >= 15 is 4.79 Å². The first-order chi connectivity index (χ1) is 22.4. The Balaban J connectivity index is 1.35. The van der Waals surface area contributed by atoms with Crippen molar-refractivity contribution >= 4 is 23.2 Å². The number of nitrogens with zero attached hydrogens (tertiary/aromatic N) is 3. The molecule has 4 bridgehead atoms. The standard InChI is InChI=1S/C38H42N4O4/c43-35(39-30-17-8-3-9-18-30)34-32-23-29-25-40(24-26-12-4-1-5-13-26)37(21-11-20-33(32)37)38(29,28-16-10-19-31(22-28)42(45)46)41(34)36(44)27-14-6-2-7-15-27/h1,3-5,8-10,12-13,16-19,22,27,29,32-34H,2,6-7,11,14-15,20-21,23-25H2,(H,39,43)/t29-,32+,33+,34-,37-,38-/m0/s1. The van der Waals surface area contributed by atoms with Gasteiger partial charge in [-0.15, -0.1) is 0 Å². The maximum atomic E-state index is 15.3. The number of benzene rings is 3. The van der Waals surface area contributed by atoms with Crippen LogP contribution >= 0.6 is 0 Å². The number of nitro benzene ring substituents is 1. The fourth-order valence-electron chi connectivity index (χ4n) is 10.9. The van der Waals surface area contributed by atoms with Crippen molar-refractivity contribution in [3.63, 3.8) is 0 Å². The van der Waals surface area contributed by atoms with Crippen LogP contribution in [0.4, 0.5) is 11.4 Å². The first-order valence-corrected chi connectivity index (χ1v) is 17.2. The number of carbonyl (C=O) groups excluding carboxylic acids is 2. The fourth-order valence-corrected chi connectivity index (χ4v) is 10.9. The zero-order valence-electron chi connectivity index (χ0n) is 26.2. The van der Waals surface area contributed by atoms with E-state index in [2.05, 4.69) is 39.4 Å². The number of piperidine rings is 2. The van der Waals surface area contributed by atoms with Crippen LogP contribution in [0.15, 0.2) is 84.9 Å². The van der Waals surface area contributed by atoms with Crippen molar-refractivity contribution < 1.29 is 14.5 Å². The molecule has 0 unspecified atom stereocenters. The van der Waals surface area contributed by atoms with Gasteiger partial charge in [0, 0.05) is 42.7 Å². The topological polar surface area (TPSA) is 95.8 Å². The number of anilines is 1. The molecular formula is C38H42N4O4. The lowest BCUT2D eigenvalue weighted by molar-refractivity contribution is -0.385. The first kappa shape index (κ1) is 29.4. The summed E-state index contributed by atoms with van der Waals surface area (Å²) in [5, 5.41) is 15.4. The Hall–Kier alpha value is -4.04. The lowest BCUT2D eigenvalue weighted by atomic mass is 9.48. The second-order valence-electron chi connectivity index (χ2n) is 14.3. The summed E-state index contributed by atoms with van der Waals surface area (Å²) in [7, 11) is 0. The van der Waals surface area contributed by atoms with Crippen LogP contribution in [-0.2, 0) is 21.7 Å². The Morgan fingerprint density at radius 3 is 2.37 bits per heavy atom. The highest BCUT2D eigenvalue weighted by molar-refractivity contribution is 5.99. The molecule has 3 aliphatic heterocycles. The molecule has 238 valence electrons. The van der Waals surface area contributed by atoms with E-state index in [-0.39, 0.29) is 46.1 Å². The zero-order valence-corrected chi connectivity index (χ0v) is 26.2. The van der Waals surface area contributed by atoms with Gasteiger partial charge < -0.3 is 10.2 Å². The number of nitro groups is 1. The summed E-state index contributed by atoms with van der Waals surface area (Å²) in [6, 6.07) is 26.5. The van der Waals surface area contributed by atoms with Gasteiger partial charge in [-0.05, 0) is 67.2 Å². The van der Waals surface area contributed by atoms with Crippen molar-refractivity contribution in [2.45, 2.75) is 81.5 Å². The van der Waals surface area contributed by atoms with E-state index < -0.39 is 17.1 Å². The van der Waals surface area contributed by atoms with Crippen molar-refractivity contribution in [3.05, 3.63) is 106 Å². The highest BCUT2D eigenvalue weighted by Gasteiger charge is 2.80. The molecule has 1 N–H and O–H groups in total. The van der Waals surface area contributed by atoms with Gasteiger partial charge in [-0.2, -0.15) is 0 Å². The molecule has 3 aromatic carbocycles. The van der Waals surface area contributed by atoms with Crippen LogP contribution in [0.1, 0.15) is 68.9 Å². The van der Waals surface area contributed by atoms with E-state index in [1.54, 1.807) is 18.2 Å². The van der Waals surface area contributed by atoms with E-state index in [1.807, 2.05) is 42.5 Å². The van der Waals surface area contributed by atoms with Gasteiger partial charge in [0.25, 0.3) is 5.69 Å². The Kier molecular flexibility index (Phi) is 7.24. The van der Waals surface area contributed by atoms with Crippen molar-refractivity contribution in [2.24, 2.45) is 23.7 Å². The van der Waals surface area contributed by atoms with E-state index in [1.165, 1.54) is 5.56 Å². The lowest BCUT2D eigenvalue weighted by Crippen LogP contribution is -2.80. The Bertz CT molecular complexity index is 1640. The van der Waals surface area contributed by atoms with E-state index in [9.17, 15) is 14.9 Å². The first-order valence-electron chi connectivity index (χ1n) is 17.2. The van der Waals surface area contributed by atoms with Gasteiger partial charge >= 0.3 is 0 Å². The number of fused-ring (bicyclic) bond motifs is 1. The highest BCUT2D eigenvalue weighted by Crippen LogP contribution is 2.73. The summed E-state index contributed by atoms with van der Waals surface area (Å²) >= 11 is 0. The van der Waals surface area contributed by atoms with Crippen molar-refractivity contribution in [3.8, 4) is 0 Å². The van der Waals surface area contributed by atoms with Gasteiger partial charge in [-0.1, -0.05) is 86.3 Å². The quantitative estimate of drug-likeness (QED) is 0.229. The Labute approximate surface area is 270 Å². The van der Waals surface area contributed by atoms with Gasteiger partial charge in [0.05, 0.1) is 16.0 Å². The zero-order chi connectivity index (χ0) is 31.5. The summed E-state index contributed by atoms with van der Waals surface area (Å²) in [5.41, 5.74) is 1.54. The molecule has 9 rings (SSSR count). The van der Waals surface area contributed by atoms with Gasteiger partial charge in [0.1, 0.15) is 6.04 Å². The molecule has 6 atom stereocenters. The molecule has 1 spiro atoms. The van der Waals surface area contributed by atoms with Crippen LogP contribution in [0, 0.1) is 33.8 Å². The SMILES string of the molecule is O=C(Nc1ccccc1)[C@@H]1[C@@H]2C[C@H]3CN(Cc4ccccc4)[C@]4(CCC[C@H]24)[C@@]3(c2cccc([N+](=O)[O-])c2)N1C(=O)C1CCCCC1. The molecule has 0 aromatic heterocycles. The maximum absolute atomic E-state index is 15.3. The number of carbonyl (C=O) groups is 2. The van der Waals surface area contributed by atoms with Crippen LogP contribution in [0.2, 0.25) is 0 Å². The van der Waals surface area contributed by atoms with Gasteiger partial charge in [-0.3, -0.25) is 24.6 Å². The number of hydrogen-bond acceptors (Lipinski definition) is 5. The number of non-ortho nitro benzene ring substituents is 1. The summed E-state index contributed by atoms with van der Waals surface area (Å²) < 4.78 is 0. The smallest absolute Gasteiger partial charge is 0.269 e. The molecule has 0 radical (unpaired) electrons. The summed E-state index contributed by atoms with van der Waals surface area (Å²) in [4.78, 5) is 46.5. The fraction of sp³-hybridized carbons (Fsp3) is 0.474. The monoisotopic (exact) mass is 618 g/mol. The molecular weight excluding hydrogens is 576 g/mol. The van der Waals surface area contributed by atoms with Crippen LogP contribution in [0.25, 0.3) is 0 Å². The second-order valence-corrected chi connectivity index (χ2v) is 14.3. The molecule has 46 heavy (non-hydrogen) atoms. The number of amides is 2. The number of para-hydroxylation sites is 1. The molecule has 6 fully saturated rings. The van der Waals surface area contributed by atoms with Crippen LogP contribution < -0.4 is 5.32 Å². The predicted octanol–water partition coefficient (Wildman–Crippen LogP) is 6.91. The van der Waals surface area contributed by atoms with Crippen molar-refractivity contribution in [1.29, 1.82) is 0 Å². The normalized spacial score (nSPS) is 31.9. The molecule has 3 aromatic rings. The molecule has 3 heterocycles. The third-order valence-electron chi connectivity index (χ3n) is 12.3. The van der Waals surface area contributed by atoms with Crippen LogP contribution in [-0.4, -0.2) is 44.7 Å². The third-order valence-corrected chi connectivity index (χ3v) is 12.3. The average Bonchev–Trinajstić information content (AvgIpc) is 3.64. The van der Waals surface area contributed by atoms with E-state index in [4.69, 9.17) is 0 Å². The minimum absolute atomic E-state index is 0.0186. The minimum Gasteiger partial charge on any atom is -0.324 e. The molecule has 8 heteroatoms. The lowest BCUT2D eigenvalue weighted by Gasteiger charge is -2.69. The number of nitrogens with one attached hydrogen (secondary N) is 1. The van der Waals surface area contributed by atoms with E-state index in [0.717, 1.165) is 82.1 Å². The van der Waals surface area contributed by atoms with Crippen molar-refractivity contribution in [1.82, 2.24) is 9.80 Å². The number of rotatable bonds is 7. The predicted molar refractivity (Wildman–Crippen MR) is 176 cm³/mol. The van der Waals surface area contributed by atoms with Crippen LogP contribution in [0.3, 0.4) is 0 Å². The minimum atomic E-state index is -0.850. The maximum Gasteiger partial charge on any atom is 0.269 e. The van der Waals surface area contributed by atoms with Gasteiger partial charge in [0.2, 0.25) is 11.8 Å². The molecule has 8 nitrogen and oxygen atoms in total. The Morgan fingerprint density at radius 2 is 1.63 bits per heavy atom. The van der Waals surface area contributed by atoms with E-state index in [0.29, 0.717) is 0 Å². The van der Waals surface area contributed by atoms with Crippen molar-refractivity contribution in [2.75, 3.05) is 11.9 Å². The summed E-state index contributed by atoms with van der Waals surface area (Å²) in [6.07, 6.45) is 8.52. The molecule has 3 saturated carbocycles. The van der Waals surface area contributed by atoms with Crippen LogP contribution in [0.5, 0.6) is 0 Å². The van der Waals surface area contributed by atoms with Gasteiger partial charge in [-0.25, -0.2) is 0 Å². The average molecular weight is 619 g/mol. The Morgan fingerprint density at radius 1 is 0.891 bits per heavy atom. The number of likely N-dealkylation sites (tertiary alicyclic amines) is 1.